The van der Waals surface area contributed by atoms with Crippen LogP contribution in [0.2, 0.25) is 0 Å². The van der Waals surface area contributed by atoms with Crippen molar-refractivity contribution in [2.24, 2.45) is 0 Å². The molecular formula is C34H40O7P2. The molecule has 43 heavy (non-hydrogen) atoms. The lowest BCUT2D eigenvalue weighted by Gasteiger charge is -2.30. The first-order chi connectivity index (χ1) is 21.0. The zero-order valence-electron chi connectivity index (χ0n) is 24.5. The van der Waals surface area contributed by atoms with E-state index >= 15 is 0 Å². The van der Waals surface area contributed by atoms with Crippen molar-refractivity contribution in [3.8, 4) is 0 Å². The van der Waals surface area contributed by atoms with Gasteiger partial charge in [0.2, 0.25) is 0 Å². The molecule has 228 valence electrons. The summed E-state index contributed by atoms with van der Waals surface area (Å²) in [5.41, 5.74) is 3.23. The fraction of sp³-hybridized carbons (Fsp3) is 0.294. The van der Waals surface area contributed by atoms with Crippen LogP contribution in [0, 0.1) is 0 Å². The van der Waals surface area contributed by atoms with Crippen molar-refractivity contribution in [1.29, 1.82) is 0 Å². The van der Waals surface area contributed by atoms with E-state index in [-0.39, 0.29) is 32.8 Å². The molecule has 0 saturated carbocycles. The Morgan fingerprint density at radius 1 is 0.512 bits per heavy atom. The fourth-order valence-electron chi connectivity index (χ4n) is 4.22. The van der Waals surface area contributed by atoms with E-state index in [1.165, 1.54) is 0 Å². The van der Waals surface area contributed by atoms with Gasteiger partial charge in [0.25, 0.3) is 0 Å². The third-order valence-corrected chi connectivity index (χ3v) is 10.2. The highest BCUT2D eigenvalue weighted by Gasteiger charge is 2.43. The second kappa shape index (κ2) is 17.4. The molecule has 4 aromatic rings. The molecule has 0 aliphatic carbocycles. The van der Waals surface area contributed by atoms with E-state index in [9.17, 15) is 9.13 Å². The first-order valence-electron chi connectivity index (χ1n) is 14.6. The smallest absolute Gasteiger partial charge is 0.302 e. The van der Waals surface area contributed by atoms with Crippen LogP contribution in [0.25, 0.3) is 0 Å². The van der Waals surface area contributed by atoms with E-state index < -0.39 is 21.3 Å². The molecule has 0 radical (unpaired) electrons. The number of unbranched alkanes of at least 4 members (excludes halogenated alkanes) is 2. The van der Waals surface area contributed by atoms with Crippen LogP contribution < -0.4 is 0 Å². The van der Waals surface area contributed by atoms with Crippen LogP contribution in [0.15, 0.2) is 121 Å². The van der Waals surface area contributed by atoms with Gasteiger partial charge in [0.05, 0.1) is 26.4 Å². The second-order valence-electron chi connectivity index (χ2n) is 10.1. The summed E-state index contributed by atoms with van der Waals surface area (Å²) in [6.07, 6.45) is 2.73. The summed E-state index contributed by atoms with van der Waals surface area (Å²) in [7, 11) is -8.32. The second-order valence-corrected chi connectivity index (χ2v) is 13.9. The summed E-state index contributed by atoms with van der Waals surface area (Å²) in [4.78, 5) is 0. The molecule has 1 unspecified atom stereocenters. The van der Waals surface area contributed by atoms with E-state index in [4.69, 9.17) is 22.6 Å². The average Bonchev–Trinajstić information content (AvgIpc) is 3.06. The van der Waals surface area contributed by atoms with Gasteiger partial charge in [-0.3, -0.25) is 18.1 Å². The quantitative estimate of drug-likeness (QED) is 0.0760. The fourth-order valence-corrected chi connectivity index (χ4v) is 7.81. The van der Waals surface area contributed by atoms with Crippen molar-refractivity contribution in [3.05, 3.63) is 144 Å². The summed E-state index contributed by atoms with van der Waals surface area (Å²) < 4.78 is 59.0. The molecule has 1 atom stereocenters. The predicted octanol–water partition coefficient (Wildman–Crippen LogP) is 10.1. The summed E-state index contributed by atoms with van der Waals surface area (Å²) in [6, 6.07) is 37.5. The van der Waals surface area contributed by atoms with E-state index in [1.54, 1.807) is 0 Å². The molecule has 0 heterocycles. The number of rotatable bonds is 19. The van der Waals surface area contributed by atoms with Gasteiger partial charge in [-0.1, -0.05) is 148 Å². The molecule has 4 aromatic carbocycles. The molecule has 0 saturated heterocycles. The van der Waals surface area contributed by atoms with Gasteiger partial charge in [0.15, 0.2) is 5.85 Å². The average molecular weight is 623 g/mol. The standard InChI is InChI=1S/C34H40O7P2/c1-2-3-8-25-34(42(35,37-26-30-17-9-4-10-18-30)38-27-31-19-11-5-12-20-31)41-43(36,39-28-32-21-13-6-14-22-32)40-29-33-23-15-7-16-24-33/h4-7,9-24,34H,2-3,8,25-29H2,1H3. The van der Waals surface area contributed by atoms with Gasteiger partial charge in [-0.2, -0.15) is 0 Å². The van der Waals surface area contributed by atoms with Crippen LogP contribution in [0.3, 0.4) is 0 Å². The molecule has 0 amide bonds. The Morgan fingerprint density at radius 3 is 1.21 bits per heavy atom. The number of phosphoric acid groups is 1. The number of phosphoric ester groups is 1. The van der Waals surface area contributed by atoms with Gasteiger partial charge in [-0.25, -0.2) is 4.57 Å². The molecule has 0 aromatic heterocycles. The lowest BCUT2D eigenvalue weighted by Crippen LogP contribution is -2.18. The molecule has 0 aliphatic rings. The van der Waals surface area contributed by atoms with E-state index in [2.05, 4.69) is 6.92 Å². The molecule has 0 N–H and O–H groups in total. The minimum absolute atomic E-state index is 0.0192. The molecule has 0 spiro atoms. The summed E-state index contributed by atoms with van der Waals surface area (Å²) >= 11 is 0. The van der Waals surface area contributed by atoms with Crippen LogP contribution in [0.5, 0.6) is 0 Å². The summed E-state index contributed by atoms with van der Waals surface area (Å²) in [5, 5.41) is 0. The van der Waals surface area contributed by atoms with E-state index in [0.717, 1.165) is 35.1 Å². The van der Waals surface area contributed by atoms with Crippen molar-refractivity contribution in [1.82, 2.24) is 0 Å². The zero-order valence-corrected chi connectivity index (χ0v) is 26.3. The Balaban J connectivity index is 1.62. The van der Waals surface area contributed by atoms with Gasteiger partial charge in [0.1, 0.15) is 0 Å². The first kappa shape index (κ1) is 33.0. The highest BCUT2D eigenvalue weighted by molar-refractivity contribution is 7.55. The van der Waals surface area contributed by atoms with Crippen LogP contribution in [-0.4, -0.2) is 5.85 Å². The van der Waals surface area contributed by atoms with Gasteiger partial charge in [-0.05, 0) is 28.7 Å². The predicted molar refractivity (Wildman–Crippen MR) is 169 cm³/mol. The minimum atomic E-state index is -4.27. The van der Waals surface area contributed by atoms with Crippen molar-refractivity contribution in [3.63, 3.8) is 0 Å². The lowest BCUT2D eigenvalue weighted by atomic mass is 10.2. The topological polar surface area (TPSA) is 80.3 Å². The molecule has 0 aliphatic heterocycles. The van der Waals surface area contributed by atoms with E-state index in [1.807, 2.05) is 121 Å². The molecule has 4 rings (SSSR count). The van der Waals surface area contributed by atoms with Crippen molar-refractivity contribution in [2.45, 2.75) is 64.9 Å². The third-order valence-electron chi connectivity index (χ3n) is 6.63. The Kier molecular flexibility index (Phi) is 13.4. The highest BCUT2D eigenvalue weighted by atomic mass is 31.2. The summed E-state index contributed by atoms with van der Waals surface area (Å²) in [5.74, 6) is -1.19. The SMILES string of the molecule is CCCCCC(OP(=O)(OCc1ccccc1)OCc1ccccc1)P(=O)(OCc1ccccc1)OCc1ccccc1. The van der Waals surface area contributed by atoms with Gasteiger partial charge < -0.3 is 9.05 Å². The largest absolute Gasteiger partial charge is 0.476 e. The lowest BCUT2D eigenvalue weighted by molar-refractivity contribution is 0.0695. The first-order valence-corrected chi connectivity index (χ1v) is 17.7. The Labute approximate surface area is 255 Å². The highest BCUT2D eigenvalue weighted by Crippen LogP contribution is 2.63. The summed E-state index contributed by atoms with van der Waals surface area (Å²) in [6.45, 7) is 2.09. The third kappa shape index (κ3) is 11.3. The number of hydrogen-bond acceptors (Lipinski definition) is 7. The molecule has 7 nitrogen and oxygen atoms in total. The maximum atomic E-state index is 14.7. The molecular weight excluding hydrogens is 582 g/mol. The van der Waals surface area contributed by atoms with E-state index in [0.29, 0.717) is 6.42 Å². The molecule has 0 fully saturated rings. The zero-order chi connectivity index (χ0) is 30.2. The van der Waals surface area contributed by atoms with Crippen molar-refractivity contribution in [2.75, 3.05) is 0 Å². The van der Waals surface area contributed by atoms with Gasteiger partial charge in [-0.15, -0.1) is 0 Å². The van der Waals surface area contributed by atoms with Gasteiger partial charge >= 0.3 is 15.4 Å². The normalized spacial score (nSPS) is 12.7. The minimum Gasteiger partial charge on any atom is -0.302 e. The monoisotopic (exact) mass is 622 g/mol. The van der Waals surface area contributed by atoms with Crippen LogP contribution in [0.1, 0.15) is 54.9 Å². The maximum Gasteiger partial charge on any atom is 0.476 e. The van der Waals surface area contributed by atoms with Crippen LogP contribution in [-0.2, 0) is 58.2 Å². The van der Waals surface area contributed by atoms with Crippen LogP contribution >= 0.6 is 15.4 Å². The molecule has 0 bridgehead atoms. The molecule has 9 heteroatoms. The Bertz CT molecular complexity index is 1330. The van der Waals surface area contributed by atoms with Crippen LogP contribution in [0.4, 0.5) is 0 Å². The van der Waals surface area contributed by atoms with Crippen molar-refractivity contribution < 1.29 is 31.7 Å². The Morgan fingerprint density at radius 2 is 0.860 bits per heavy atom. The number of hydrogen-bond donors (Lipinski definition) is 0. The van der Waals surface area contributed by atoms with Gasteiger partial charge in [0, 0.05) is 0 Å². The Hall–Kier alpha value is -2.86. The maximum absolute atomic E-state index is 14.7. The van der Waals surface area contributed by atoms with Crippen molar-refractivity contribution >= 4 is 15.4 Å². The number of benzene rings is 4.